The van der Waals surface area contributed by atoms with Crippen LogP contribution in [0, 0.1) is 0 Å². The Morgan fingerprint density at radius 1 is 1.25 bits per heavy atom. The van der Waals surface area contributed by atoms with Crippen LogP contribution < -0.4 is 13.9 Å². The fraction of sp³-hybridized carbons (Fsp3) is 0.273. The van der Waals surface area contributed by atoms with Gasteiger partial charge < -0.3 is 9.47 Å². The molecule has 0 saturated heterocycles. The van der Waals surface area contributed by atoms with Gasteiger partial charge in [0.05, 0.1) is 12.2 Å². The van der Waals surface area contributed by atoms with E-state index in [4.69, 9.17) is 32.9 Å². The van der Waals surface area contributed by atoms with Crippen molar-refractivity contribution in [3.8, 4) is 11.5 Å². The molecular weight excluding hydrogens is 249 g/mol. The quantitative estimate of drug-likeness (QED) is 0.571. The summed E-state index contributed by atoms with van der Waals surface area (Å²) in [6.07, 6.45) is 2.04. The molecule has 5 heteroatoms. The second kappa shape index (κ2) is 3.75. The Hall–Kier alpha value is -1.06. The standard InChI is InChI=1S/C11H9Cl2NO2/c12-4-7-1-8-2-10-11(16-6-15-10)3-9(8)14(13)5-7/h1-3H,4-6H2. The third-order valence-corrected chi connectivity index (χ3v) is 3.30. The van der Waals surface area contributed by atoms with Gasteiger partial charge in [0, 0.05) is 29.3 Å². The monoisotopic (exact) mass is 257 g/mol. The number of hydrogen-bond donors (Lipinski definition) is 0. The van der Waals surface area contributed by atoms with Gasteiger partial charge in [-0.25, -0.2) is 0 Å². The summed E-state index contributed by atoms with van der Waals surface area (Å²) in [4.78, 5) is 0. The lowest BCUT2D eigenvalue weighted by Crippen LogP contribution is -2.19. The topological polar surface area (TPSA) is 21.7 Å². The highest BCUT2D eigenvalue weighted by Crippen LogP contribution is 2.41. The molecule has 84 valence electrons. The van der Waals surface area contributed by atoms with E-state index in [1.54, 1.807) is 4.42 Å². The van der Waals surface area contributed by atoms with Crippen molar-refractivity contribution in [1.29, 1.82) is 0 Å². The first-order chi connectivity index (χ1) is 7.78. The minimum Gasteiger partial charge on any atom is -0.454 e. The zero-order valence-corrected chi connectivity index (χ0v) is 9.88. The average molecular weight is 258 g/mol. The molecule has 2 aliphatic rings. The molecule has 0 radical (unpaired) electrons. The smallest absolute Gasteiger partial charge is 0.231 e. The average Bonchev–Trinajstić information content (AvgIpc) is 2.73. The lowest BCUT2D eigenvalue weighted by atomic mass is 10.0. The Bertz CT molecular complexity index is 473. The number of anilines is 1. The summed E-state index contributed by atoms with van der Waals surface area (Å²) >= 11 is 12.0. The van der Waals surface area contributed by atoms with Crippen LogP contribution in [-0.4, -0.2) is 19.2 Å². The van der Waals surface area contributed by atoms with E-state index in [0.717, 1.165) is 28.3 Å². The van der Waals surface area contributed by atoms with Gasteiger partial charge in [0.15, 0.2) is 11.5 Å². The predicted molar refractivity (Wildman–Crippen MR) is 64.5 cm³/mol. The van der Waals surface area contributed by atoms with Crippen molar-refractivity contribution in [3.63, 3.8) is 0 Å². The molecule has 1 aromatic carbocycles. The Balaban J connectivity index is 2.12. The minimum atomic E-state index is 0.270. The van der Waals surface area contributed by atoms with Gasteiger partial charge in [0.25, 0.3) is 0 Å². The Morgan fingerprint density at radius 2 is 2.00 bits per heavy atom. The van der Waals surface area contributed by atoms with Gasteiger partial charge in [0.1, 0.15) is 0 Å². The molecule has 0 aromatic heterocycles. The second-order valence-corrected chi connectivity index (χ2v) is 4.40. The number of halogens is 2. The van der Waals surface area contributed by atoms with E-state index in [1.807, 2.05) is 18.2 Å². The summed E-state index contributed by atoms with van der Waals surface area (Å²) in [6.45, 7) is 0.907. The van der Waals surface area contributed by atoms with Crippen molar-refractivity contribution in [2.75, 3.05) is 23.6 Å². The fourth-order valence-electron chi connectivity index (χ4n) is 1.88. The molecular formula is C11H9Cl2NO2. The van der Waals surface area contributed by atoms with Crippen LogP contribution in [0.25, 0.3) is 6.08 Å². The van der Waals surface area contributed by atoms with E-state index in [2.05, 4.69) is 0 Å². The molecule has 2 aliphatic heterocycles. The lowest BCUT2D eigenvalue weighted by molar-refractivity contribution is 0.174. The van der Waals surface area contributed by atoms with E-state index >= 15 is 0 Å². The molecule has 0 atom stereocenters. The molecule has 3 rings (SSSR count). The minimum absolute atomic E-state index is 0.270. The molecule has 0 N–H and O–H groups in total. The number of ether oxygens (including phenoxy) is 2. The van der Waals surface area contributed by atoms with Crippen molar-refractivity contribution in [2.24, 2.45) is 0 Å². The molecule has 2 heterocycles. The van der Waals surface area contributed by atoms with Crippen molar-refractivity contribution in [1.82, 2.24) is 0 Å². The second-order valence-electron chi connectivity index (χ2n) is 3.72. The zero-order valence-electron chi connectivity index (χ0n) is 8.37. The number of rotatable bonds is 1. The van der Waals surface area contributed by atoms with Gasteiger partial charge in [0.2, 0.25) is 6.79 Å². The van der Waals surface area contributed by atoms with Gasteiger partial charge in [-0.3, -0.25) is 4.42 Å². The number of alkyl halides is 1. The van der Waals surface area contributed by atoms with Crippen LogP contribution in [-0.2, 0) is 0 Å². The number of benzene rings is 1. The summed E-state index contributed by atoms with van der Waals surface area (Å²) in [6, 6.07) is 3.82. The summed E-state index contributed by atoms with van der Waals surface area (Å²) in [5, 5.41) is 0. The summed E-state index contributed by atoms with van der Waals surface area (Å²) in [5.74, 6) is 1.99. The molecule has 0 bridgehead atoms. The van der Waals surface area contributed by atoms with E-state index in [-0.39, 0.29) is 6.79 Å². The SMILES string of the molecule is ClCC1=Cc2cc3c(cc2N(Cl)C1)OCO3. The number of hydrogen-bond acceptors (Lipinski definition) is 3. The third-order valence-electron chi connectivity index (χ3n) is 2.66. The van der Waals surface area contributed by atoms with Crippen LogP contribution in [0.5, 0.6) is 11.5 Å². The Morgan fingerprint density at radius 3 is 2.75 bits per heavy atom. The normalized spacial score (nSPS) is 17.1. The third kappa shape index (κ3) is 1.51. The van der Waals surface area contributed by atoms with Crippen LogP contribution in [0.2, 0.25) is 0 Å². The largest absolute Gasteiger partial charge is 0.454 e. The highest BCUT2D eigenvalue weighted by atomic mass is 35.5. The van der Waals surface area contributed by atoms with Crippen LogP contribution >= 0.6 is 23.4 Å². The van der Waals surface area contributed by atoms with Gasteiger partial charge in [-0.2, -0.15) is 0 Å². The summed E-state index contributed by atoms with van der Waals surface area (Å²) < 4.78 is 12.3. The van der Waals surface area contributed by atoms with Gasteiger partial charge in [-0.1, -0.05) is 6.08 Å². The molecule has 3 nitrogen and oxygen atoms in total. The van der Waals surface area contributed by atoms with Crippen molar-refractivity contribution < 1.29 is 9.47 Å². The van der Waals surface area contributed by atoms with Crippen molar-refractivity contribution in [3.05, 3.63) is 23.3 Å². The van der Waals surface area contributed by atoms with Crippen molar-refractivity contribution >= 4 is 35.1 Å². The maximum absolute atomic E-state index is 6.16. The molecule has 0 aliphatic carbocycles. The lowest BCUT2D eigenvalue weighted by Gasteiger charge is -2.24. The number of nitrogens with zero attached hydrogens (tertiary/aromatic N) is 1. The van der Waals surface area contributed by atoms with Gasteiger partial charge >= 0.3 is 0 Å². The molecule has 0 unspecified atom stereocenters. The first kappa shape index (κ1) is 10.1. The molecule has 16 heavy (non-hydrogen) atoms. The first-order valence-corrected chi connectivity index (χ1v) is 5.77. The summed E-state index contributed by atoms with van der Waals surface area (Å²) in [7, 11) is 0. The predicted octanol–water partition coefficient (Wildman–Crippen LogP) is 3.01. The highest BCUT2D eigenvalue weighted by Gasteiger charge is 2.22. The Kier molecular flexibility index (Phi) is 2.37. The highest BCUT2D eigenvalue weighted by molar-refractivity contribution is 6.27. The van der Waals surface area contributed by atoms with E-state index < -0.39 is 0 Å². The molecule has 0 fully saturated rings. The molecule has 0 spiro atoms. The fourth-order valence-corrected chi connectivity index (χ4v) is 2.34. The maximum Gasteiger partial charge on any atom is 0.231 e. The molecule has 1 aromatic rings. The van der Waals surface area contributed by atoms with Gasteiger partial charge in [-0.05, 0) is 11.6 Å². The van der Waals surface area contributed by atoms with Crippen LogP contribution in [0.3, 0.4) is 0 Å². The Labute approximate surface area is 103 Å². The zero-order chi connectivity index (χ0) is 11.1. The molecule has 0 saturated carbocycles. The number of fused-ring (bicyclic) bond motifs is 2. The molecule has 0 amide bonds. The van der Waals surface area contributed by atoms with Gasteiger partial charge in [-0.15, -0.1) is 11.6 Å². The first-order valence-electron chi connectivity index (χ1n) is 4.90. The van der Waals surface area contributed by atoms with E-state index in [1.165, 1.54) is 0 Å². The van der Waals surface area contributed by atoms with E-state index in [0.29, 0.717) is 12.4 Å². The van der Waals surface area contributed by atoms with Crippen molar-refractivity contribution in [2.45, 2.75) is 0 Å². The maximum atomic E-state index is 6.16. The summed E-state index contributed by atoms with van der Waals surface area (Å²) in [5.41, 5.74) is 3.03. The van der Waals surface area contributed by atoms with Crippen LogP contribution in [0.1, 0.15) is 5.56 Å². The van der Waals surface area contributed by atoms with Crippen LogP contribution in [0.15, 0.2) is 17.7 Å². The van der Waals surface area contributed by atoms with Crippen LogP contribution in [0.4, 0.5) is 5.69 Å². The van der Waals surface area contributed by atoms with E-state index in [9.17, 15) is 0 Å².